The van der Waals surface area contributed by atoms with Crippen molar-refractivity contribution in [1.29, 1.82) is 0 Å². The molecule has 134 valence electrons. The number of carbonyl (C=O) groups is 1. The number of nitrogens with zero attached hydrogens (tertiary/aromatic N) is 4. The number of carbonyl (C=O) groups excluding carboxylic acids is 1. The quantitative estimate of drug-likeness (QED) is 0.520. The third-order valence-electron chi connectivity index (χ3n) is 4.20. The Morgan fingerprint density at radius 3 is 2.74 bits per heavy atom. The Balaban J connectivity index is 1.91. The predicted octanol–water partition coefficient (Wildman–Crippen LogP) is 3.47. The minimum Gasteiger partial charge on any atom is -0.465 e. The molecule has 1 aromatic carbocycles. The molecule has 3 heterocycles. The van der Waals surface area contributed by atoms with E-state index in [1.807, 2.05) is 18.2 Å². The summed E-state index contributed by atoms with van der Waals surface area (Å²) in [6.45, 7) is 0.374. The zero-order valence-corrected chi connectivity index (χ0v) is 14.5. The van der Waals surface area contributed by atoms with Gasteiger partial charge in [-0.3, -0.25) is 4.98 Å². The van der Waals surface area contributed by atoms with Crippen molar-refractivity contribution in [3.63, 3.8) is 0 Å². The van der Waals surface area contributed by atoms with Gasteiger partial charge in [-0.15, -0.1) is 0 Å². The summed E-state index contributed by atoms with van der Waals surface area (Å²) in [6, 6.07) is 13.4. The molecule has 0 saturated carbocycles. The van der Waals surface area contributed by atoms with Gasteiger partial charge in [0.05, 0.1) is 42.2 Å². The van der Waals surface area contributed by atoms with Gasteiger partial charge in [-0.1, -0.05) is 18.2 Å². The smallest absolute Gasteiger partial charge is 0.338 e. The minimum atomic E-state index is -0.530. The summed E-state index contributed by atoms with van der Waals surface area (Å²) < 4.78 is 20.8. The van der Waals surface area contributed by atoms with E-state index in [1.54, 1.807) is 35.3 Å². The monoisotopic (exact) mass is 362 g/mol. The number of esters is 1. The van der Waals surface area contributed by atoms with Crippen LogP contribution < -0.4 is 0 Å². The SMILES string of the molecule is COC(=O)c1cc(-c2ccccc2F)nc2c1cnn2Cc1ccccn1. The van der Waals surface area contributed by atoms with Crippen molar-refractivity contribution in [1.82, 2.24) is 19.7 Å². The molecule has 0 amide bonds. The number of methoxy groups -OCH3 is 1. The summed E-state index contributed by atoms with van der Waals surface area (Å²) in [5.41, 5.74) is 2.17. The fourth-order valence-electron chi connectivity index (χ4n) is 2.89. The second-order valence-electron chi connectivity index (χ2n) is 5.89. The number of ether oxygens (including phenoxy) is 1. The molecule has 0 saturated heterocycles. The molecule has 0 atom stereocenters. The molecule has 27 heavy (non-hydrogen) atoms. The van der Waals surface area contributed by atoms with Crippen molar-refractivity contribution in [3.05, 3.63) is 78.0 Å². The third-order valence-corrected chi connectivity index (χ3v) is 4.20. The number of hydrogen-bond donors (Lipinski definition) is 0. The molecule has 0 aliphatic rings. The van der Waals surface area contributed by atoms with Crippen LogP contribution in [0.25, 0.3) is 22.3 Å². The maximum Gasteiger partial charge on any atom is 0.338 e. The lowest BCUT2D eigenvalue weighted by atomic mass is 10.1. The first-order chi connectivity index (χ1) is 13.2. The van der Waals surface area contributed by atoms with Crippen molar-refractivity contribution in [2.75, 3.05) is 7.11 Å². The first-order valence-electron chi connectivity index (χ1n) is 8.27. The van der Waals surface area contributed by atoms with E-state index in [-0.39, 0.29) is 5.56 Å². The van der Waals surface area contributed by atoms with E-state index in [1.165, 1.54) is 19.2 Å². The van der Waals surface area contributed by atoms with Crippen LogP contribution in [0.1, 0.15) is 16.1 Å². The molecular weight excluding hydrogens is 347 g/mol. The third kappa shape index (κ3) is 3.15. The van der Waals surface area contributed by atoms with Crippen molar-refractivity contribution in [3.8, 4) is 11.3 Å². The van der Waals surface area contributed by atoms with Crippen molar-refractivity contribution < 1.29 is 13.9 Å². The fourth-order valence-corrected chi connectivity index (χ4v) is 2.89. The van der Waals surface area contributed by atoms with Crippen LogP contribution in [0, 0.1) is 5.82 Å². The Morgan fingerprint density at radius 2 is 2.00 bits per heavy atom. The average molecular weight is 362 g/mol. The van der Waals surface area contributed by atoms with Gasteiger partial charge in [0.15, 0.2) is 5.65 Å². The molecule has 4 rings (SSSR count). The highest BCUT2D eigenvalue weighted by atomic mass is 19.1. The van der Waals surface area contributed by atoms with Crippen LogP contribution >= 0.6 is 0 Å². The number of pyridine rings is 2. The van der Waals surface area contributed by atoms with E-state index in [4.69, 9.17) is 4.74 Å². The summed E-state index contributed by atoms with van der Waals surface area (Å²) >= 11 is 0. The second kappa shape index (κ2) is 6.95. The van der Waals surface area contributed by atoms with E-state index >= 15 is 0 Å². The topological polar surface area (TPSA) is 69.9 Å². The standard InChI is InChI=1S/C20H15FN4O2/c1-27-20(26)15-10-18(14-7-2-3-8-17(14)21)24-19-16(15)11-23-25(19)12-13-6-4-5-9-22-13/h2-11H,12H2,1H3. The molecule has 0 bridgehead atoms. The van der Waals surface area contributed by atoms with Crippen LogP contribution in [0.4, 0.5) is 4.39 Å². The van der Waals surface area contributed by atoms with Gasteiger partial charge in [0.25, 0.3) is 0 Å². The highest BCUT2D eigenvalue weighted by Gasteiger charge is 2.19. The number of benzene rings is 1. The fraction of sp³-hybridized carbons (Fsp3) is 0.100. The Hall–Kier alpha value is -3.61. The van der Waals surface area contributed by atoms with Crippen LogP contribution in [-0.2, 0) is 11.3 Å². The van der Waals surface area contributed by atoms with Gasteiger partial charge in [-0.2, -0.15) is 5.10 Å². The normalized spacial score (nSPS) is 10.9. The first kappa shape index (κ1) is 16.8. The van der Waals surface area contributed by atoms with E-state index < -0.39 is 11.8 Å². The molecular formula is C20H15FN4O2. The van der Waals surface area contributed by atoms with Crippen LogP contribution in [0.2, 0.25) is 0 Å². The molecule has 3 aromatic heterocycles. The lowest BCUT2D eigenvalue weighted by Gasteiger charge is -2.08. The van der Waals surface area contributed by atoms with E-state index in [2.05, 4.69) is 15.1 Å². The highest BCUT2D eigenvalue weighted by Crippen LogP contribution is 2.27. The Morgan fingerprint density at radius 1 is 1.19 bits per heavy atom. The summed E-state index contributed by atoms with van der Waals surface area (Å²) in [5, 5.41) is 4.88. The number of hydrogen-bond acceptors (Lipinski definition) is 5. The maximum absolute atomic E-state index is 14.3. The Labute approximate surface area is 154 Å². The predicted molar refractivity (Wildman–Crippen MR) is 97.6 cm³/mol. The zero-order chi connectivity index (χ0) is 18.8. The molecule has 0 N–H and O–H groups in total. The zero-order valence-electron chi connectivity index (χ0n) is 14.5. The van der Waals surface area contributed by atoms with Gasteiger partial charge in [0, 0.05) is 11.8 Å². The molecule has 0 radical (unpaired) electrons. The Bertz CT molecular complexity index is 1130. The number of rotatable bonds is 4. The summed E-state index contributed by atoms with van der Waals surface area (Å²) in [4.78, 5) is 21.1. The van der Waals surface area contributed by atoms with Crippen molar-refractivity contribution in [2.45, 2.75) is 6.54 Å². The van der Waals surface area contributed by atoms with E-state index in [9.17, 15) is 9.18 Å². The highest BCUT2D eigenvalue weighted by molar-refractivity contribution is 6.03. The largest absolute Gasteiger partial charge is 0.465 e. The lowest BCUT2D eigenvalue weighted by molar-refractivity contribution is 0.0603. The Kier molecular flexibility index (Phi) is 4.33. The summed E-state index contributed by atoms with van der Waals surface area (Å²) in [6.07, 6.45) is 3.25. The number of fused-ring (bicyclic) bond motifs is 1. The van der Waals surface area contributed by atoms with Gasteiger partial charge in [-0.25, -0.2) is 18.9 Å². The van der Waals surface area contributed by atoms with E-state index in [0.717, 1.165) is 5.69 Å². The van der Waals surface area contributed by atoms with E-state index in [0.29, 0.717) is 28.8 Å². The van der Waals surface area contributed by atoms with Crippen molar-refractivity contribution in [2.24, 2.45) is 0 Å². The van der Waals surface area contributed by atoms with Crippen LogP contribution in [0.5, 0.6) is 0 Å². The number of halogens is 1. The van der Waals surface area contributed by atoms with Gasteiger partial charge in [0.2, 0.25) is 0 Å². The van der Waals surface area contributed by atoms with Crippen LogP contribution in [-0.4, -0.2) is 32.8 Å². The van der Waals surface area contributed by atoms with Crippen LogP contribution in [0.15, 0.2) is 60.9 Å². The van der Waals surface area contributed by atoms with Crippen molar-refractivity contribution >= 4 is 17.0 Å². The molecule has 0 aliphatic heterocycles. The van der Waals surface area contributed by atoms with Gasteiger partial charge < -0.3 is 4.74 Å². The second-order valence-corrected chi connectivity index (χ2v) is 5.89. The summed E-state index contributed by atoms with van der Waals surface area (Å²) in [7, 11) is 1.30. The summed E-state index contributed by atoms with van der Waals surface area (Å²) in [5.74, 6) is -0.951. The lowest BCUT2D eigenvalue weighted by Crippen LogP contribution is -2.07. The molecule has 0 fully saturated rings. The molecule has 6 nitrogen and oxygen atoms in total. The van der Waals surface area contributed by atoms with Gasteiger partial charge in [0.1, 0.15) is 5.82 Å². The van der Waals surface area contributed by atoms with Gasteiger partial charge in [-0.05, 0) is 30.3 Å². The maximum atomic E-state index is 14.3. The molecule has 4 aromatic rings. The molecule has 0 spiro atoms. The minimum absolute atomic E-state index is 0.285. The first-order valence-corrected chi connectivity index (χ1v) is 8.27. The molecule has 7 heteroatoms. The van der Waals surface area contributed by atoms with Crippen LogP contribution in [0.3, 0.4) is 0 Å². The molecule has 0 unspecified atom stereocenters. The number of aromatic nitrogens is 4. The average Bonchev–Trinajstić information content (AvgIpc) is 3.10. The molecule has 0 aliphatic carbocycles. The van der Waals surface area contributed by atoms with Gasteiger partial charge >= 0.3 is 5.97 Å².